The van der Waals surface area contributed by atoms with Gasteiger partial charge in [-0.05, 0) is 49.0 Å². The van der Waals surface area contributed by atoms with Crippen LogP contribution in [0.4, 0.5) is 0 Å². The lowest BCUT2D eigenvalue weighted by molar-refractivity contribution is 1.06. The van der Waals surface area contributed by atoms with Gasteiger partial charge in [0.25, 0.3) is 0 Å². The predicted octanol–water partition coefficient (Wildman–Crippen LogP) is 5.30. The van der Waals surface area contributed by atoms with Crippen LogP contribution >= 0.6 is 35.4 Å². The highest BCUT2D eigenvalue weighted by molar-refractivity contribution is 7.71. The number of halogens is 2. The molecular formula is C14H10Cl2N2S. The number of nitrogens with one attached hydrogen (secondary N) is 1. The Morgan fingerprint density at radius 3 is 2.63 bits per heavy atom. The molecule has 2 nitrogen and oxygen atoms in total. The summed E-state index contributed by atoms with van der Waals surface area (Å²) in [5.41, 5.74) is 3.71. The van der Waals surface area contributed by atoms with E-state index in [1.165, 1.54) is 0 Å². The standard InChI is InChI=1S/C14H10Cl2N2S/c1-8-5-6-11(10(16)7-8)18-12-4-2-3-9(15)13(12)17-14(18)19/h2-7H,1H3,(H,17,19). The maximum absolute atomic E-state index is 6.32. The number of hydrogen-bond acceptors (Lipinski definition) is 1. The van der Waals surface area contributed by atoms with E-state index in [4.69, 9.17) is 35.4 Å². The second-order valence-electron chi connectivity index (χ2n) is 4.35. The van der Waals surface area contributed by atoms with Crippen LogP contribution in [0.3, 0.4) is 0 Å². The van der Waals surface area contributed by atoms with Crippen molar-refractivity contribution in [1.29, 1.82) is 0 Å². The number of rotatable bonds is 1. The van der Waals surface area contributed by atoms with Crippen molar-refractivity contribution in [2.24, 2.45) is 0 Å². The van der Waals surface area contributed by atoms with Gasteiger partial charge in [-0.2, -0.15) is 0 Å². The fourth-order valence-electron chi connectivity index (χ4n) is 2.13. The zero-order valence-corrected chi connectivity index (χ0v) is 12.4. The van der Waals surface area contributed by atoms with Crippen molar-refractivity contribution in [1.82, 2.24) is 9.55 Å². The number of benzene rings is 2. The quantitative estimate of drug-likeness (QED) is 0.605. The van der Waals surface area contributed by atoms with Gasteiger partial charge >= 0.3 is 0 Å². The summed E-state index contributed by atoms with van der Waals surface area (Å²) in [7, 11) is 0. The van der Waals surface area contributed by atoms with E-state index < -0.39 is 0 Å². The first-order chi connectivity index (χ1) is 9.08. The summed E-state index contributed by atoms with van der Waals surface area (Å²) in [5.74, 6) is 0. The summed E-state index contributed by atoms with van der Waals surface area (Å²) in [6, 6.07) is 11.6. The largest absolute Gasteiger partial charge is 0.329 e. The maximum atomic E-state index is 6.32. The smallest absolute Gasteiger partial charge is 0.182 e. The average molecular weight is 309 g/mol. The van der Waals surface area contributed by atoms with E-state index in [1.54, 1.807) is 0 Å². The molecular weight excluding hydrogens is 299 g/mol. The van der Waals surface area contributed by atoms with Crippen LogP contribution < -0.4 is 0 Å². The van der Waals surface area contributed by atoms with Crippen LogP contribution in [0.2, 0.25) is 10.0 Å². The van der Waals surface area contributed by atoms with Crippen molar-refractivity contribution in [3.63, 3.8) is 0 Å². The average Bonchev–Trinajstić information content (AvgIpc) is 2.68. The highest BCUT2D eigenvalue weighted by Gasteiger charge is 2.11. The Bertz CT molecular complexity index is 833. The Morgan fingerprint density at radius 1 is 1.11 bits per heavy atom. The summed E-state index contributed by atoms with van der Waals surface area (Å²) in [6.45, 7) is 2.00. The van der Waals surface area contributed by atoms with E-state index in [-0.39, 0.29) is 0 Å². The van der Waals surface area contributed by atoms with Gasteiger partial charge in [-0.25, -0.2) is 0 Å². The highest BCUT2D eigenvalue weighted by atomic mass is 35.5. The maximum Gasteiger partial charge on any atom is 0.182 e. The Hall–Kier alpha value is -1.29. The van der Waals surface area contributed by atoms with E-state index in [0.29, 0.717) is 14.8 Å². The minimum absolute atomic E-state index is 0.578. The molecule has 3 aromatic rings. The lowest BCUT2D eigenvalue weighted by Gasteiger charge is -2.08. The highest BCUT2D eigenvalue weighted by Crippen LogP contribution is 2.29. The molecule has 0 aliphatic rings. The molecule has 0 spiro atoms. The number of H-pyrrole nitrogens is 1. The SMILES string of the molecule is Cc1ccc(-n2c(=S)[nH]c3c(Cl)cccc32)c(Cl)c1. The fraction of sp³-hybridized carbons (Fsp3) is 0.0714. The molecule has 1 aromatic heterocycles. The van der Waals surface area contributed by atoms with Gasteiger partial charge in [-0.15, -0.1) is 0 Å². The van der Waals surface area contributed by atoms with Gasteiger partial charge in [-0.1, -0.05) is 35.3 Å². The first kappa shape index (κ1) is 12.7. The predicted molar refractivity (Wildman–Crippen MR) is 83.2 cm³/mol. The molecule has 1 heterocycles. The van der Waals surface area contributed by atoms with Crippen molar-refractivity contribution >= 4 is 46.5 Å². The van der Waals surface area contributed by atoms with Crippen LogP contribution in [0.15, 0.2) is 36.4 Å². The number of imidazole rings is 1. The van der Waals surface area contributed by atoms with Crippen molar-refractivity contribution in [2.75, 3.05) is 0 Å². The summed E-state index contributed by atoms with van der Waals surface area (Å²) in [6.07, 6.45) is 0. The number of hydrogen-bond donors (Lipinski definition) is 1. The topological polar surface area (TPSA) is 20.7 Å². The van der Waals surface area contributed by atoms with E-state index in [0.717, 1.165) is 22.3 Å². The zero-order valence-electron chi connectivity index (χ0n) is 10.1. The van der Waals surface area contributed by atoms with Crippen LogP contribution in [-0.2, 0) is 0 Å². The van der Waals surface area contributed by atoms with Crippen molar-refractivity contribution in [3.05, 3.63) is 56.8 Å². The van der Waals surface area contributed by atoms with E-state index in [9.17, 15) is 0 Å². The Labute approximate surface area is 125 Å². The normalized spacial score (nSPS) is 11.1. The van der Waals surface area contributed by atoms with Crippen molar-refractivity contribution in [2.45, 2.75) is 6.92 Å². The van der Waals surface area contributed by atoms with Crippen LogP contribution in [0.5, 0.6) is 0 Å². The second-order valence-corrected chi connectivity index (χ2v) is 5.56. The molecule has 96 valence electrons. The lowest BCUT2D eigenvalue weighted by atomic mass is 10.2. The second kappa shape index (κ2) is 4.67. The minimum atomic E-state index is 0.578. The molecule has 0 amide bonds. The molecule has 0 bridgehead atoms. The lowest BCUT2D eigenvalue weighted by Crippen LogP contribution is -1.95. The number of aryl methyl sites for hydroxylation is 1. The van der Waals surface area contributed by atoms with Crippen LogP contribution in [0, 0.1) is 11.7 Å². The third kappa shape index (κ3) is 2.08. The van der Waals surface area contributed by atoms with Crippen LogP contribution in [0.1, 0.15) is 5.56 Å². The third-order valence-corrected chi connectivity index (χ3v) is 3.91. The molecule has 0 aliphatic heterocycles. The molecule has 0 aliphatic carbocycles. The Kier molecular flexibility index (Phi) is 3.13. The third-order valence-electron chi connectivity index (χ3n) is 3.01. The van der Waals surface area contributed by atoms with Gasteiger partial charge < -0.3 is 4.98 Å². The summed E-state index contributed by atoms with van der Waals surface area (Å²) >= 11 is 17.9. The molecule has 0 saturated carbocycles. The van der Waals surface area contributed by atoms with Crippen LogP contribution in [-0.4, -0.2) is 9.55 Å². The fourth-order valence-corrected chi connectivity index (χ4v) is 2.96. The molecule has 0 unspecified atom stereocenters. The van der Waals surface area contributed by atoms with Gasteiger partial charge in [0.15, 0.2) is 4.77 Å². The van der Waals surface area contributed by atoms with Gasteiger partial charge in [0, 0.05) is 0 Å². The van der Waals surface area contributed by atoms with Crippen LogP contribution in [0.25, 0.3) is 16.7 Å². The number of aromatic nitrogens is 2. The molecule has 2 aromatic carbocycles. The number of aromatic amines is 1. The van der Waals surface area contributed by atoms with Gasteiger partial charge in [0.2, 0.25) is 0 Å². The molecule has 0 fully saturated rings. The first-order valence-corrected chi connectivity index (χ1v) is 6.90. The molecule has 19 heavy (non-hydrogen) atoms. The first-order valence-electron chi connectivity index (χ1n) is 5.73. The van der Waals surface area contributed by atoms with Crippen molar-refractivity contribution in [3.8, 4) is 5.69 Å². The molecule has 1 N–H and O–H groups in total. The monoisotopic (exact) mass is 308 g/mol. The summed E-state index contributed by atoms with van der Waals surface area (Å²) in [4.78, 5) is 3.12. The van der Waals surface area contributed by atoms with Gasteiger partial charge in [0.05, 0.1) is 26.8 Å². The molecule has 5 heteroatoms. The Balaban J connectivity index is 2.40. The number of nitrogens with zero attached hydrogens (tertiary/aromatic N) is 1. The minimum Gasteiger partial charge on any atom is -0.329 e. The zero-order chi connectivity index (χ0) is 13.6. The van der Waals surface area contributed by atoms with Crippen molar-refractivity contribution < 1.29 is 0 Å². The van der Waals surface area contributed by atoms with Gasteiger partial charge in [-0.3, -0.25) is 4.57 Å². The molecule has 0 saturated heterocycles. The van der Waals surface area contributed by atoms with E-state index >= 15 is 0 Å². The molecule has 0 radical (unpaired) electrons. The summed E-state index contributed by atoms with van der Waals surface area (Å²) in [5, 5.41) is 1.31. The molecule has 0 atom stereocenters. The number of para-hydroxylation sites is 1. The molecule has 3 rings (SSSR count). The Morgan fingerprint density at radius 2 is 1.89 bits per heavy atom. The summed E-state index contributed by atoms with van der Waals surface area (Å²) < 4.78 is 2.48. The van der Waals surface area contributed by atoms with E-state index in [2.05, 4.69) is 4.98 Å². The number of fused-ring (bicyclic) bond motifs is 1. The van der Waals surface area contributed by atoms with Gasteiger partial charge in [0.1, 0.15) is 0 Å². The van der Waals surface area contributed by atoms with E-state index in [1.807, 2.05) is 47.9 Å².